The van der Waals surface area contributed by atoms with Gasteiger partial charge in [0.2, 0.25) is 11.8 Å². The summed E-state index contributed by atoms with van der Waals surface area (Å²) in [6.07, 6.45) is 3.35. The number of ether oxygens (including phenoxy) is 1. The molecule has 1 aliphatic carbocycles. The van der Waals surface area contributed by atoms with Gasteiger partial charge in [0.15, 0.2) is 0 Å². The number of urea groups is 1. The van der Waals surface area contributed by atoms with Crippen LogP contribution in [0.1, 0.15) is 38.3 Å². The average Bonchev–Trinajstić information content (AvgIpc) is 3.50. The maximum atomic E-state index is 13.6. The van der Waals surface area contributed by atoms with Gasteiger partial charge in [-0.05, 0) is 57.4 Å². The smallest absolute Gasteiger partial charge is 0.326 e. The van der Waals surface area contributed by atoms with Crippen molar-refractivity contribution in [2.75, 3.05) is 11.4 Å². The van der Waals surface area contributed by atoms with Gasteiger partial charge in [0.25, 0.3) is 5.91 Å². The fourth-order valence-corrected chi connectivity index (χ4v) is 7.55. The zero-order valence-corrected chi connectivity index (χ0v) is 22.7. The van der Waals surface area contributed by atoms with E-state index in [9.17, 15) is 14.4 Å². The minimum Gasteiger partial charge on any atom is -0.439 e. The number of para-hydroxylation sites is 1. The maximum absolute atomic E-state index is 13.6. The van der Waals surface area contributed by atoms with E-state index in [0.29, 0.717) is 27.9 Å². The van der Waals surface area contributed by atoms with Crippen LogP contribution in [0.2, 0.25) is 0 Å². The van der Waals surface area contributed by atoms with Crippen LogP contribution in [0.25, 0.3) is 0 Å². The third-order valence-corrected chi connectivity index (χ3v) is 9.18. The van der Waals surface area contributed by atoms with E-state index in [2.05, 4.69) is 26.3 Å². The van der Waals surface area contributed by atoms with E-state index in [4.69, 9.17) is 4.74 Å². The van der Waals surface area contributed by atoms with Gasteiger partial charge in [0, 0.05) is 36.7 Å². The number of benzene rings is 1. The minimum absolute atomic E-state index is 0.0220. The number of rotatable bonds is 6. The summed E-state index contributed by atoms with van der Waals surface area (Å²) in [4.78, 5) is 45.6. The number of aryl methyl sites for hydroxylation is 1. The number of nitrogens with zero attached hydrogens (tertiary/aromatic N) is 2. The topological polar surface area (TPSA) is 125 Å². The highest BCUT2D eigenvalue weighted by Crippen LogP contribution is 2.48. The van der Waals surface area contributed by atoms with E-state index in [1.807, 2.05) is 43.3 Å². The third kappa shape index (κ3) is 4.96. The van der Waals surface area contributed by atoms with E-state index < -0.39 is 0 Å². The van der Waals surface area contributed by atoms with Gasteiger partial charge in [0.05, 0.1) is 27.7 Å². The highest BCUT2D eigenvalue weighted by atomic mass is 32.2. The molecule has 0 bridgehead atoms. The molecule has 3 aliphatic heterocycles. The Morgan fingerprint density at radius 1 is 1.08 bits per heavy atom. The normalized spacial score (nSPS) is 27.6. The van der Waals surface area contributed by atoms with Crippen molar-refractivity contribution in [1.29, 1.82) is 0 Å². The number of nitrogens with one attached hydrogen (secondary N) is 4. The Labute approximate surface area is 231 Å². The SMILES string of the molecule is CC(=O)N[C@H]1CCCC1NC(=O)C1=C2NC(=O)N(c3ccc(Oc4ccccc4)nc3C)C3CCNC(S1)C23. The molecule has 1 aromatic heterocycles. The van der Waals surface area contributed by atoms with Gasteiger partial charge < -0.3 is 26.0 Å². The van der Waals surface area contributed by atoms with Crippen molar-refractivity contribution in [1.82, 2.24) is 26.3 Å². The monoisotopic (exact) mass is 548 g/mol. The minimum atomic E-state index is -0.265. The molecule has 4 amide bonds. The molecule has 5 atom stereocenters. The highest BCUT2D eigenvalue weighted by Gasteiger charge is 2.52. The molecule has 4 aliphatic rings. The van der Waals surface area contributed by atoms with Crippen LogP contribution in [0.3, 0.4) is 0 Å². The first-order valence-electron chi connectivity index (χ1n) is 13.4. The summed E-state index contributed by atoms with van der Waals surface area (Å²) in [5.41, 5.74) is 2.10. The predicted octanol–water partition coefficient (Wildman–Crippen LogP) is 3.15. The lowest BCUT2D eigenvalue weighted by atomic mass is 9.86. The predicted molar refractivity (Wildman–Crippen MR) is 148 cm³/mol. The molecule has 2 aromatic rings. The largest absolute Gasteiger partial charge is 0.439 e. The number of pyridine rings is 1. The third-order valence-electron chi connectivity index (χ3n) is 7.83. The van der Waals surface area contributed by atoms with Crippen LogP contribution in [0.4, 0.5) is 10.5 Å². The van der Waals surface area contributed by atoms with Gasteiger partial charge >= 0.3 is 6.03 Å². The Morgan fingerprint density at radius 3 is 2.59 bits per heavy atom. The van der Waals surface area contributed by atoms with E-state index >= 15 is 0 Å². The number of hydrogen-bond acceptors (Lipinski definition) is 7. The zero-order chi connectivity index (χ0) is 27.1. The molecule has 2 saturated heterocycles. The zero-order valence-electron chi connectivity index (χ0n) is 21.9. The van der Waals surface area contributed by atoms with Crippen LogP contribution in [0.15, 0.2) is 53.1 Å². The van der Waals surface area contributed by atoms with Gasteiger partial charge in [0.1, 0.15) is 5.75 Å². The molecule has 4 N–H and O–H groups in total. The number of hydrogen-bond donors (Lipinski definition) is 4. The number of carbonyl (C=O) groups excluding carboxylic acids is 3. The van der Waals surface area contributed by atoms with Crippen molar-refractivity contribution in [3.63, 3.8) is 0 Å². The molecular formula is C28H32N6O4S. The summed E-state index contributed by atoms with van der Waals surface area (Å²) < 4.78 is 5.88. The molecule has 1 saturated carbocycles. The van der Waals surface area contributed by atoms with Crippen LogP contribution < -0.4 is 30.9 Å². The quantitative estimate of drug-likeness (QED) is 0.437. The molecular weight excluding hydrogens is 516 g/mol. The highest BCUT2D eigenvalue weighted by molar-refractivity contribution is 8.04. The summed E-state index contributed by atoms with van der Waals surface area (Å²) in [6, 6.07) is 12.5. The summed E-state index contributed by atoms with van der Waals surface area (Å²) in [6.45, 7) is 4.11. The number of amides is 4. The van der Waals surface area contributed by atoms with Crippen LogP contribution >= 0.6 is 11.8 Å². The standard InChI is InChI=1S/C28H32N6O4S/c1-15-20(11-12-22(30-15)38-17-7-4-3-5-8-17)34-21-13-14-29-27-23(21)24(33-28(34)37)25(39-27)26(36)32-19-10-6-9-18(19)31-16(2)35/h3-5,7-8,11-12,18-19,21,23,27,29H,6,9-10,13-14H2,1-2H3,(H,31,35)(H,32,36)(H,33,37)/t18-,19?,21?,23?,27?/m0/s1. The second kappa shape index (κ2) is 10.5. The van der Waals surface area contributed by atoms with Gasteiger partial charge in [-0.2, -0.15) is 0 Å². The summed E-state index contributed by atoms with van der Waals surface area (Å²) in [5.74, 6) is 0.806. The molecule has 1 aromatic carbocycles. The van der Waals surface area contributed by atoms with Crippen LogP contribution in [0.5, 0.6) is 11.6 Å². The fraction of sp³-hybridized carbons (Fsp3) is 0.429. The Bertz CT molecular complexity index is 1330. The van der Waals surface area contributed by atoms with Crippen LogP contribution in [0, 0.1) is 12.8 Å². The second-order valence-corrected chi connectivity index (χ2v) is 11.6. The molecule has 204 valence electrons. The number of carbonyl (C=O) groups is 3. The summed E-state index contributed by atoms with van der Waals surface area (Å²) in [7, 11) is 0. The summed E-state index contributed by atoms with van der Waals surface area (Å²) >= 11 is 1.48. The lowest BCUT2D eigenvalue weighted by Crippen LogP contribution is -2.62. The molecule has 4 heterocycles. The Morgan fingerprint density at radius 2 is 1.85 bits per heavy atom. The molecule has 0 radical (unpaired) electrons. The molecule has 4 unspecified atom stereocenters. The Balaban J connectivity index is 1.23. The molecule has 3 fully saturated rings. The van der Waals surface area contributed by atoms with Crippen molar-refractivity contribution in [3.8, 4) is 11.6 Å². The Hall–Kier alpha value is -3.57. The van der Waals surface area contributed by atoms with E-state index in [1.165, 1.54) is 18.7 Å². The van der Waals surface area contributed by atoms with Crippen molar-refractivity contribution in [3.05, 3.63) is 58.8 Å². The van der Waals surface area contributed by atoms with Gasteiger partial charge in [-0.15, -0.1) is 0 Å². The van der Waals surface area contributed by atoms with Gasteiger partial charge in [-0.25, -0.2) is 9.78 Å². The van der Waals surface area contributed by atoms with E-state index in [0.717, 1.165) is 37.9 Å². The van der Waals surface area contributed by atoms with Gasteiger partial charge in [-0.3, -0.25) is 14.5 Å². The first kappa shape index (κ1) is 25.7. The Kier molecular flexibility index (Phi) is 6.94. The van der Waals surface area contributed by atoms with Crippen molar-refractivity contribution in [2.45, 2.75) is 63.0 Å². The van der Waals surface area contributed by atoms with Crippen LogP contribution in [-0.4, -0.2) is 52.9 Å². The van der Waals surface area contributed by atoms with Gasteiger partial charge in [-0.1, -0.05) is 30.0 Å². The van der Waals surface area contributed by atoms with E-state index in [-0.39, 0.29) is 47.3 Å². The first-order valence-corrected chi connectivity index (χ1v) is 14.3. The number of piperidine rings is 1. The maximum Gasteiger partial charge on any atom is 0.326 e. The average molecular weight is 549 g/mol. The number of aromatic nitrogens is 1. The van der Waals surface area contributed by atoms with Crippen molar-refractivity contribution < 1.29 is 19.1 Å². The fourth-order valence-electron chi connectivity index (χ4n) is 6.15. The second-order valence-electron chi connectivity index (χ2n) is 10.4. The van der Waals surface area contributed by atoms with Crippen molar-refractivity contribution >= 4 is 35.3 Å². The number of thioether (sulfide) groups is 1. The van der Waals surface area contributed by atoms with Crippen LogP contribution in [-0.2, 0) is 9.59 Å². The molecule has 11 heteroatoms. The molecule has 10 nitrogen and oxygen atoms in total. The summed E-state index contributed by atoms with van der Waals surface area (Å²) in [5, 5.41) is 12.7. The lowest BCUT2D eigenvalue weighted by Gasteiger charge is -2.46. The van der Waals surface area contributed by atoms with Crippen molar-refractivity contribution in [2.24, 2.45) is 5.92 Å². The molecule has 0 spiro atoms. The molecule has 6 rings (SSSR count). The lowest BCUT2D eigenvalue weighted by molar-refractivity contribution is -0.121. The first-order chi connectivity index (χ1) is 18.9. The number of anilines is 1. The van der Waals surface area contributed by atoms with E-state index in [1.54, 1.807) is 11.0 Å². The molecule has 39 heavy (non-hydrogen) atoms.